The van der Waals surface area contributed by atoms with Crippen LogP contribution in [0.5, 0.6) is 5.75 Å². The number of benzene rings is 2. The van der Waals surface area contributed by atoms with Gasteiger partial charge in [-0.05, 0) is 38.1 Å². The van der Waals surface area contributed by atoms with E-state index in [1.54, 1.807) is 18.2 Å². The number of Topliss-reactive ketones (excluding diaryl/α,β-unsaturated/α-hetero) is 1. The van der Waals surface area contributed by atoms with Crippen molar-refractivity contribution >= 4 is 29.1 Å². The number of thioether (sulfide) groups is 1. The predicted molar refractivity (Wildman–Crippen MR) is 112 cm³/mol. The Labute approximate surface area is 172 Å². The zero-order valence-corrected chi connectivity index (χ0v) is 16.8. The number of rotatable bonds is 5. The average molecular weight is 405 g/mol. The van der Waals surface area contributed by atoms with Gasteiger partial charge in [-0.3, -0.25) is 9.59 Å². The van der Waals surface area contributed by atoms with Crippen LogP contribution in [0.25, 0.3) is 11.3 Å². The maximum absolute atomic E-state index is 12.9. The number of carbonyl (C=O) groups excluding carboxylic acids is 2. The number of hydrogen-bond donors (Lipinski definition) is 1. The molecule has 1 N–H and O–H groups in total. The summed E-state index contributed by atoms with van der Waals surface area (Å²) in [6.45, 7) is 3.73. The van der Waals surface area contributed by atoms with Crippen LogP contribution >= 0.6 is 11.8 Å². The second-order valence-corrected chi connectivity index (χ2v) is 8.02. The second-order valence-electron chi connectivity index (χ2n) is 6.72. The number of nitrogens with one attached hydrogen (secondary N) is 1. The third kappa shape index (κ3) is 4.30. The molecule has 1 aliphatic heterocycles. The molecule has 7 heteroatoms. The summed E-state index contributed by atoms with van der Waals surface area (Å²) in [5.41, 5.74) is 3.70. The van der Waals surface area contributed by atoms with Crippen LogP contribution in [0.1, 0.15) is 23.0 Å². The fraction of sp³-hybridized carbons (Fsp3) is 0.182. The molecule has 0 bridgehead atoms. The van der Waals surface area contributed by atoms with Gasteiger partial charge in [-0.2, -0.15) is 0 Å². The highest BCUT2D eigenvalue weighted by molar-refractivity contribution is 8.00. The molecule has 3 aromatic rings. The molecule has 0 saturated carbocycles. The van der Waals surface area contributed by atoms with Crippen molar-refractivity contribution in [2.45, 2.75) is 24.3 Å². The van der Waals surface area contributed by atoms with Crippen molar-refractivity contribution in [3.05, 3.63) is 65.9 Å². The first-order valence-corrected chi connectivity index (χ1v) is 10.1. The van der Waals surface area contributed by atoms with Crippen molar-refractivity contribution in [3.63, 3.8) is 0 Å². The number of hydrogen-bond acceptors (Lipinski definition) is 6. The van der Waals surface area contributed by atoms with E-state index in [4.69, 9.17) is 4.74 Å². The van der Waals surface area contributed by atoms with Gasteiger partial charge in [0.15, 0.2) is 17.5 Å². The first kappa shape index (κ1) is 19.1. The quantitative estimate of drug-likeness (QED) is 0.390. The molecule has 2 aromatic carbocycles. The highest BCUT2D eigenvalue weighted by Gasteiger charge is 2.22. The Morgan fingerprint density at radius 3 is 2.72 bits per heavy atom. The van der Waals surface area contributed by atoms with Gasteiger partial charge in [0.1, 0.15) is 5.75 Å². The van der Waals surface area contributed by atoms with Crippen LogP contribution in [-0.2, 0) is 4.79 Å². The summed E-state index contributed by atoms with van der Waals surface area (Å²) < 4.78 is 5.35. The van der Waals surface area contributed by atoms with Crippen molar-refractivity contribution in [3.8, 4) is 17.0 Å². The van der Waals surface area contributed by atoms with E-state index in [9.17, 15) is 9.59 Å². The molecule has 2 heterocycles. The van der Waals surface area contributed by atoms with Crippen molar-refractivity contribution in [1.82, 2.24) is 9.97 Å². The lowest BCUT2D eigenvalue weighted by Gasteiger charge is -2.19. The summed E-state index contributed by atoms with van der Waals surface area (Å²) in [5.74, 6) is 0.270. The Balaban J connectivity index is 1.54. The molecule has 6 nitrogen and oxygen atoms in total. The van der Waals surface area contributed by atoms with E-state index in [2.05, 4.69) is 15.3 Å². The SMILES string of the molecule is Cc1cc(-c2ccccc2)nc(S[C@H](C)C(=O)c2ccc3c(c2)NC(=O)CO3)n1. The topological polar surface area (TPSA) is 81.2 Å². The highest BCUT2D eigenvalue weighted by Crippen LogP contribution is 2.31. The fourth-order valence-electron chi connectivity index (χ4n) is 3.03. The standard InChI is InChI=1S/C22H19N3O3S/c1-13-10-17(15-6-4-3-5-7-15)25-22(23-13)29-14(2)21(27)16-8-9-19-18(11-16)24-20(26)12-28-19/h3-11,14H,12H2,1-2H3,(H,24,26)/t14-/m1/s1. The Bertz CT molecular complexity index is 1090. The van der Waals surface area contributed by atoms with Gasteiger partial charge in [0.25, 0.3) is 5.91 Å². The molecular formula is C22H19N3O3S. The Morgan fingerprint density at radius 2 is 1.93 bits per heavy atom. The Kier molecular flexibility index (Phi) is 5.31. The molecule has 0 radical (unpaired) electrons. The third-order valence-corrected chi connectivity index (χ3v) is 5.41. The smallest absolute Gasteiger partial charge is 0.262 e. The molecular weight excluding hydrogens is 386 g/mol. The number of ketones is 1. The minimum atomic E-state index is -0.390. The van der Waals surface area contributed by atoms with Crippen LogP contribution in [0.2, 0.25) is 0 Å². The van der Waals surface area contributed by atoms with Gasteiger partial charge >= 0.3 is 0 Å². The van der Waals surface area contributed by atoms with Gasteiger partial charge in [-0.1, -0.05) is 42.1 Å². The van der Waals surface area contributed by atoms with Crippen molar-refractivity contribution in [2.24, 2.45) is 0 Å². The maximum Gasteiger partial charge on any atom is 0.262 e. The highest BCUT2D eigenvalue weighted by atomic mass is 32.2. The summed E-state index contributed by atoms with van der Waals surface area (Å²) in [6, 6.07) is 16.9. The normalized spacial score (nSPS) is 13.8. The van der Waals surface area contributed by atoms with Crippen molar-refractivity contribution < 1.29 is 14.3 Å². The first-order valence-electron chi connectivity index (χ1n) is 9.18. The summed E-state index contributed by atoms with van der Waals surface area (Å²) >= 11 is 1.32. The summed E-state index contributed by atoms with van der Waals surface area (Å²) in [5, 5.41) is 2.89. The van der Waals surface area contributed by atoms with Crippen LogP contribution in [0.15, 0.2) is 59.8 Å². The maximum atomic E-state index is 12.9. The van der Waals surface area contributed by atoms with E-state index in [1.165, 1.54) is 11.8 Å². The predicted octanol–water partition coefficient (Wildman–Crippen LogP) is 4.15. The summed E-state index contributed by atoms with van der Waals surface area (Å²) in [4.78, 5) is 33.5. The molecule has 1 atom stereocenters. The van der Waals surface area contributed by atoms with Gasteiger partial charge in [0, 0.05) is 16.8 Å². The van der Waals surface area contributed by atoms with Gasteiger partial charge in [-0.15, -0.1) is 0 Å². The first-order chi connectivity index (χ1) is 14.0. The van der Waals surface area contributed by atoms with Gasteiger partial charge < -0.3 is 10.1 Å². The number of fused-ring (bicyclic) bond motifs is 1. The molecule has 4 rings (SSSR count). The molecule has 0 saturated heterocycles. The minimum Gasteiger partial charge on any atom is -0.482 e. The van der Waals surface area contributed by atoms with Gasteiger partial charge in [0.2, 0.25) is 0 Å². The molecule has 1 amide bonds. The zero-order chi connectivity index (χ0) is 20.4. The van der Waals surface area contributed by atoms with Gasteiger partial charge in [0.05, 0.1) is 16.6 Å². The number of aryl methyl sites for hydroxylation is 1. The van der Waals surface area contributed by atoms with Gasteiger partial charge in [-0.25, -0.2) is 9.97 Å². The van der Waals surface area contributed by atoms with E-state index in [1.807, 2.05) is 50.2 Å². The third-order valence-electron chi connectivity index (χ3n) is 4.45. The second kappa shape index (κ2) is 8.05. The lowest BCUT2D eigenvalue weighted by atomic mass is 10.1. The fourth-order valence-corrected chi connectivity index (χ4v) is 3.94. The van der Waals surface area contributed by atoms with Crippen LogP contribution in [0.4, 0.5) is 5.69 Å². The van der Waals surface area contributed by atoms with E-state index in [0.717, 1.165) is 17.0 Å². The monoisotopic (exact) mass is 405 g/mol. The molecule has 0 fully saturated rings. The van der Waals surface area contributed by atoms with Crippen LogP contribution in [-0.4, -0.2) is 33.5 Å². The Morgan fingerprint density at radius 1 is 1.14 bits per heavy atom. The molecule has 146 valence electrons. The molecule has 1 aromatic heterocycles. The molecule has 29 heavy (non-hydrogen) atoms. The lowest BCUT2D eigenvalue weighted by molar-refractivity contribution is -0.118. The summed E-state index contributed by atoms with van der Waals surface area (Å²) in [7, 11) is 0. The van der Waals surface area contributed by atoms with Crippen LogP contribution < -0.4 is 10.1 Å². The molecule has 0 spiro atoms. The average Bonchev–Trinajstić information content (AvgIpc) is 2.72. The Hall–Kier alpha value is -3.19. The van der Waals surface area contributed by atoms with E-state index in [-0.39, 0.29) is 18.3 Å². The van der Waals surface area contributed by atoms with Crippen LogP contribution in [0.3, 0.4) is 0 Å². The number of nitrogens with zero attached hydrogens (tertiary/aromatic N) is 2. The zero-order valence-electron chi connectivity index (χ0n) is 16.0. The minimum absolute atomic E-state index is 0.0129. The molecule has 0 aliphatic carbocycles. The van der Waals surface area contributed by atoms with Crippen molar-refractivity contribution in [2.75, 3.05) is 11.9 Å². The summed E-state index contributed by atoms with van der Waals surface area (Å²) in [6.07, 6.45) is 0. The van der Waals surface area contributed by atoms with Crippen LogP contribution in [0, 0.1) is 6.92 Å². The van der Waals surface area contributed by atoms with E-state index in [0.29, 0.717) is 22.2 Å². The van der Waals surface area contributed by atoms with E-state index >= 15 is 0 Å². The lowest BCUT2D eigenvalue weighted by Crippen LogP contribution is -2.25. The molecule has 0 unspecified atom stereocenters. The van der Waals surface area contributed by atoms with Crippen molar-refractivity contribution in [1.29, 1.82) is 0 Å². The number of ether oxygens (including phenoxy) is 1. The number of carbonyl (C=O) groups is 2. The largest absolute Gasteiger partial charge is 0.482 e. The molecule has 1 aliphatic rings. The number of aromatic nitrogens is 2. The number of amides is 1. The van der Waals surface area contributed by atoms with E-state index < -0.39 is 5.25 Å². The number of anilines is 1.